The average molecular weight is 313 g/mol. The van der Waals surface area contributed by atoms with Gasteiger partial charge in [-0.2, -0.15) is 0 Å². The number of carbonyl (C=O) groups is 1. The van der Waals surface area contributed by atoms with Gasteiger partial charge in [0.25, 0.3) is 0 Å². The molecule has 0 unspecified atom stereocenters. The standard InChI is InChI=1S/C14H20N2O.BrH/c1-13-4-2-5-14(10-13)11-15-6-3-7-16(12-17)9-8-15;/h2,4-5,10,12H,3,6-9,11H2,1H3;1H. The van der Waals surface area contributed by atoms with E-state index in [1.165, 1.54) is 11.1 Å². The summed E-state index contributed by atoms with van der Waals surface area (Å²) in [7, 11) is 0. The van der Waals surface area contributed by atoms with Crippen molar-refractivity contribution in [3.63, 3.8) is 0 Å². The van der Waals surface area contributed by atoms with E-state index in [9.17, 15) is 4.79 Å². The molecule has 0 atom stereocenters. The normalized spacial score (nSPS) is 16.8. The fourth-order valence-corrected chi connectivity index (χ4v) is 2.32. The first-order chi connectivity index (χ1) is 8.28. The lowest BCUT2D eigenvalue weighted by atomic mass is 10.1. The zero-order valence-electron chi connectivity index (χ0n) is 10.8. The van der Waals surface area contributed by atoms with Gasteiger partial charge in [-0.15, -0.1) is 17.0 Å². The fourth-order valence-electron chi connectivity index (χ4n) is 2.32. The molecule has 1 aromatic carbocycles. The van der Waals surface area contributed by atoms with Gasteiger partial charge in [0.1, 0.15) is 0 Å². The van der Waals surface area contributed by atoms with E-state index < -0.39 is 0 Å². The van der Waals surface area contributed by atoms with Gasteiger partial charge < -0.3 is 4.90 Å². The van der Waals surface area contributed by atoms with Crippen molar-refractivity contribution in [1.29, 1.82) is 0 Å². The van der Waals surface area contributed by atoms with Gasteiger partial charge in [-0.05, 0) is 18.9 Å². The lowest BCUT2D eigenvalue weighted by Gasteiger charge is -2.20. The van der Waals surface area contributed by atoms with Crippen LogP contribution in [0.1, 0.15) is 17.5 Å². The quantitative estimate of drug-likeness (QED) is 0.799. The molecule has 0 aromatic heterocycles. The van der Waals surface area contributed by atoms with Gasteiger partial charge in [-0.3, -0.25) is 9.69 Å². The van der Waals surface area contributed by atoms with Gasteiger partial charge in [0.15, 0.2) is 0 Å². The van der Waals surface area contributed by atoms with Crippen LogP contribution in [0.25, 0.3) is 0 Å². The number of rotatable bonds is 3. The van der Waals surface area contributed by atoms with E-state index in [0.29, 0.717) is 0 Å². The Bertz CT molecular complexity index is 384. The average Bonchev–Trinajstić information content (AvgIpc) is 2.54. The Morgan fingerprint density at radius 2 is 2.06 bits per heavy atom. The van der Waals surface area contributed by atoms with Crippen LogP contribution in [0.15, 0.2) is 24.3 Å². The predicted molar refractivity (Wildman–Crippen MR) is 79.0 cm³/mol. The largest absolute Gasteiger partial charge is 0.344 e. The van der Waals surface area contributed by atoms with Gasteiger partial charge in [-0.1, -0.05) is 29.8 Å². The van der Waals surface area contributed by atoms with Crippen LogP contribution in [0.2, 0.25) is 0 Å². The third kappa shape index (κ3) is 4.42. The summed E-state index contributed by atoms with van der Waals surface area (Å²) in [5, 5.41) is 0. The van der Waals surface area contributed by atoms with Crippen molar-refractivity contribution in [3.8, 4) is 0 Å². The molecule has 0 aliphatic carbocycles. The Morgan fingerprint density at radius 1 is 1.22 bits per heavy atom. The van der Waals surface area contributed by atoms with Gasteiger partial charge >= 0.3 is 0 Å². The first-order valence-corrected chi connectivity index (χ1v) is 6.25. The molecule has 0 saturated carbocycles. The van der Waals surface area contributed by atoms with E-state index >= 15 is 0 Å². The van der Waals surface area contributed by atoms with Crippen molar-refractivity contribution in [2.45, 2.75) is 19.9 Å². The first kappa shape index (κ1) is 15.2. The van der Waals surface area contributed by atoms with Crippen molar-refractivity contribution >= 4 is 23.4 Å². The zero-order valence-corrected chi connectivity index (χ0v) is 12.6. The number of hydrogen-bond acceptors (Lipinski definition) is 2. The van der Waals surface area contributed by atoms with Crippen LogP contribution < -0.4 is 0 Å². The van der Waals surface area contributed by atoms with E-state index in [1.54, 1.807) is 0 Å². The highest BCUT2D eigenvalue weighted by molar-refractivity contribution is 8.93. The van der Waals surface area contributed by atoms with Gasteiger partial charge in [-0.25, -0.2) is 0 Å². The molecule has 1 fully saturated rings. The lowest BCUT2D eigenvalue weighted by molar-refractivity contribution is -0.118. The van der Waals surface area contributed by atoms with E-state index in [0.717, 1.165) is 45.6 Å². The fraction of sp³-hybridized carbons (Fsp3) is 0.500. The van der Waals surface area contributed by atoms with Crippen molar-refractivity contribution in [2.75, 3.05) is 26.2 Å². The molecule has 0 bridgehead atoms. The summed E-state index contributed by atoms with van der Waals surface area (Å²) in [6.45, 7) is 6.93. The molecule has 4 heteroatoms. The van der Waals surface area contributed by atoms with E-state index in [4.69, 9.17) is 0 Å². The molecule has 2 rings (SSSR count). The Balaban J connectivity index is 0.00000162. The second-order valence-electron chi connectivity index (χ2n) is 4.76. The SMILES string of the molecule is Br.Cc1cccc(CN2CCCN(C=O)CC2)c1. The van der Waals surface area contributed by atoms with E-state index in [-0.39, 0.29) is 17.0 Å². The smallest absolute Gasteiger partial charge is 0.209 e. The summed E-state index contributed by atoms with van der Waals surface area (Å²) in [6, 6.07) is 8.65. The number of amides is 1. The molecular formula is C14H21BrN2O. The molecule has 1 saturated heterocycles. The topological polar surface area (TPSA) is 23.6 Å². The zero-order chi connectivity index (χ0) is 12.1. The summed E-state index contributed by atoms with van der Waals surface area (Å²) in [5.41, 5.74) is 2.68. The van der Waals surface area contributed by atoms with Crippen molar-refractivity contribution < 1.29 is 4.79 Å². The van der Waals surface area contributed by atoms with Crippen LogP contribution >= 0.6 is 17.0 Å². The second kappa shape index (κ2) is 7.54. The summed E-state index contributed by atoms with van der Waals surface area (Å²) in [4.78, 5) is 15.0. The van der Waals surface area contributed by atoms with E-state index in [1.807, 2.05) is 4.90 Å². The highest BCUT2D eigenvalue weighted by Crippen LogP contribution is 2.10. The Kier molecular flexibility index (Phi) is 6.36. The molecule has 1 aliphatic rings. The molecule has 18 heavy (non-hydrogen) atoms. The van der Waals surface area contributed by atoms with E-state index in [2.05, 4.69) is 36.1 Å². The second-order valence-corrected chi connectivity index (χ2v) is 4.76. The third-order valence-electron chi connectivity index (χ3n) is 3.26. The van der Waals surface area contributed by atoms with Crippen molar-refractivity contribution in [2.24, 2.45) is 0 Å². The first-order valence-electron chi connectivity index (χ1n) is 6.25. The number of nitrogens with zero attached hydrogens (tertiary/aromatic N) is 2. The molecule has 0 spiro atoms. The minimum atomic E-state index is 0. The molecule has 0 N–H and O–H groups in total. The highest BCUT2D eigenvalue weighted by Gasteiger charge is 2.13. The molecule has 0 radical (unpaired) electrons. The third-order valence-corrected chi connectivity index (χ3v) is 3.26. The van der Waals surface area contributed by atoms with Gasteiger partial charge in [0, 0.05) is 32.7 Å². The number of benzene rings is 1. The van der Waals surface area contributed by atoms with Crippen LogP contribution in [-0.2, 0) is 11.3 Å². The molecular weight excluding hydrogens is 292 g/mol. The molecule has 1 aromatic rings. The van der Waals surface area contributed by atoms with Crippen molar-refractivity contribution in [3.05, 3.63) is 35.4 Å². The predicted octanol–water partition coefficient (Wildman–Crippen LogP) is 2.24. The summed E-state index contributed by atoms with van der Waals surface area (Å²) < 4.78 is 0. The summed E-state index contributed by atoms with van der Waals surface area (Å²) in [5.74, 6) is 0. The molecule has 1 aliphatic heterocycles. The molecule has 3 nitrogen and oxygen atoms in total. The van der Waals surface area contributed by atoms with Crippen molar-refractivity contribution in [1.82, 2.24) is 9.80 Å². The Morgan fingerprint density at radius 3 is 2.78 bits per heavy atom. The van der Waals surface area contributed by atoms with Crippen LogP contribution in [0.3, 0.4) is 0 Å². The van der Waals surface area contributed by atoms with Crippen LogP contribution in [0.5, 0.6) is 0 Å². The Labute approximate surface area is 120 Å². The minimum absolute atomic E-state index is 0. The number of hydrogen-bond donors (Lipinski definition) is 0. The maximum absolute atomic E-state index is 10.7. The number of halogens is 1. The summed E-state index contributed by atoms with van der Waals surface area (Å²) >= 11 is 0. The maximum atomic E-state index is 10.7. The lowest BCUT2D eigenvalue weighted by Crippen LogP contribution is -2.29. The Hall–Kier alpha value is -0.870. The monoisotopic (exact) mass is 312 g/mol. The minimum Gasteiger partial charge on any atom is -0.344 e. The van der Waals surface area contributed by atoms with Crippen LogP contribution in [0, 0.1) is 6.92 Å². The molecule has 1 heterocycles. The van der Waals surface area contributed by atoms with Crippen LogP contribution in [-0.4, -0.2) is 42.4 Å². The van der Waals surface area contributed by atoms with Crippen LogP contribution in [0.4, 0.5) is 0 Å². The number of aryl methyl sites for hydroxylation is 1. The maximum Gasteiger partial charge on any atom is 0.209 e. The van der Waals surface area contributed by atoms with Gasteiger partial charge in [0.2, 0.25) is 6.41 Å². The molecule has 100 valence electrons. The summed E-state index contributed by atoms with van der Waals surface area (Å²) in [6.07, 6.45) is 2.04. The highest BCUT2D eigenvalue weighted by atomic mass is 79.9. The number of carbonyl (C=O) groups excluding carboxylic acids is 1. The van der Waals surface area contributed by atoms with Gasteiger partial charge in [0.05, 0.1) is 0 Å². The molecule has 1 amide bonds.